The van der Waals surface area contributed by atoms with E-state index in [9.17, 15) is 9.59 Å². The van der Waals surface area contributed by atoms with Gasteiger partial charge in [-0.25, -0.2) is 9.59 Å². The van der Waals surface area contributed by atoms with Crippen LogP contribution in [0.1, 0.15) is 20.8 Å². The predicted molar refractivity (Wildman–Crippen MR) is 48.7 cm³/mol. The Hall–Kier alpha value is -1.26. The normalized spacial score (nSPS) is 22.9. The Morgan fingerprint density at radius 1 is 1.43 bits per heavy atom. The molecule has 5 nitrogen and oxygen atoms in total. The molecule has 1 heterocycles. The first-order valence-electron chi connectivity index (χ1n) is 4.50. The minimum absolute atomic E-state index is 0.305. The smallest absolute Gasteiger partial charge is 0.411 e. The molecule has 1 fully saturated rings. The van der Waals surface area contributed by atoms with Gasteiger partial charge in [-0.2, -0.15) is 0 Å². The van der Waals surface area contributed by atoms with Crippen LogP contribution in [0.4, 0.5) is 4.79 Å². The molecule has 1 aliphatic heterocycles. The number of carbonyl (C=O) groups excluding carboxylic acids is 2. The largest absolute Gasteiger partial charge is 0.467 e. The molecule has 0 aliphatic carbocycles. The third-order valence-corrected chi connectivity index (χ3v) is 2.37. The van der Waals surface area contributed by atoms with E-state index in [4.69, 9.17) is 4.74 Å². The van der Waals surface area contributed by atoms with Gasteiger partial charge in [0.25, 0.3) is 0 Å². The Balaban J connectivity index is 2.65. The van der Waals surface area contributed by atoms with Crippen LogP contribution in [0.3, 0.4) is 0 Å². The van der Waals surface area contributed by atoms with Gasteiger partial charge in [-0.3, -0.25) is 4.90 Å². The van der Waals surface area contributed by atoms with Gasteiger partial charge in [0.15, 0.2) is 6.04 Å². The number of ether oxygens (including phenoxy) is 2. The van der Waals surface area contributed by atoms with Crippen molar-refractivity contribution in [2.45, 2.75) is 32.4 Å². The van der Waals surface area contributed by atoms with Crippen molar-refractivity contribution in [3.05, 3.63) is 0 Å². The molecule has 1 amide bonds. The molecule has 0 saturated carbocycles. The molecule has 1 rings (SSSR count). The summed E-state index contributed by atoms with van der Waals surface area (Å²) in [6, 6.07) is -0.508. The fraction of sp³-hybridized carbons (Fsp3) is 0.778. The molecule has 80 valence electrons. The quantitative estimate of drug-likeness (QED) is 0.489. The number of methoxy groups -OCH3 is 1. The average Bonchev–Trinajstić information content (AvgIpc) is 2.68. The first-order chi connectivity index (χ1) is 6.46. The lowest BCUT2D eigenvalue weighted by atomic mass is 10.1. The topological polar surface area (TPSA) is 55.6 Å². The molecule has 0 bridgehead atoms. The summed E-state index contributed by atoms with van der Waals surface area (Å²) in [6.07, 6.45) is -0.465. The maximum Gasteiger partial charge on any atom is 0.411 e. The van der Waals surface area contributed by atoms with Gasteiger partial charge in [0.2, 0.25) is 0 Å². The molecule has 0 aromatic carbocycles. The highest BCUT2D eigenvalue weighted by Gasteiger charge is 2.64. The molecule has 0 unspecified atom stereocenters. The van der Waals surface area contributed by atoms with Gasteiger partial charge in [0, 0.05) is 0 Å². The lowest BCUT2D eigenvalue weighted by Gasteiger charge is -2.05. The molecule has 0 N–H and O–H groups in total. The van der Waals surface area contributed by atoms with Gasteiger partial charge < -0.3 is 9.47 Å². The maximum absolute atomic E-state index is 11.3. The summed E-state index contributed by atoms with van der Waals surface area (Å²) in [5.41, 5.74) is -0.487. The summed E-state index contributed by atoms with van der Waals surface area (Å²) in [5, 5.41) is 0. The molecular formula is C9H15NO4. The zero-order chi connectivity index (χ0) is 10.9. The monoisotopic (exact) mass is 201 g/mol. The summed E-state index contributed by atoms with van der Waals surface area (Å²) in [4.78, 5) is 24.0. The van der Waals surface area contributed by atoms with E-state index < -0.39 is 23.6 Å². The van der Waals surface area contributed by atoms with Crippen molar-refractivity contribution in [2.75, 3.05) is 13.7 Å². The number of rotatable bonds is 2. The molecule has 0 aromatic rings. The average molecular weight is 201 g/mol. The number of hydrogen-bond acceptors (Lipinski definition) is 4. The number of carbonyl (C=O) groups is 2. The van der Waals surface area contributed by atoms with E-state index >= 15 is 0 Å². The highest BCUT2D eigenvalue weighted by atomic mass is 16.6. The van der Waals surface area contributed by atoms with Crippen molar-refractivity contribution in [1.29, 1.82) is 0 Å². The lowest BCUT2D eigenvalue weighted by molar-refractivity contribution is -0.140. The molecule has 0 aromatic heterocycles. The molecule has 1 atom stereocenters. The SMILES string of the molecule is CCOC(=O)N1[C@H](C(=O)OC)C1(C)C. The van der Waals surface area contributed by atoms with Crippen molar-refractivity contribution in [1.82, 2.24) is 4.90 Å². The minimum atomic E-state index is -0.508. The Morgan fingerprint density at radius 3 is 2.43 bits per heavy atom. The molecule has 14 heavy (non-hydrogen) atoms. The van der Waals surface area contributed by atoms with E-state index in [0.29, 0.717) is 6.61 Å². The zero-order valence-corrected chi connectivity index (χ0v) is 8.86. The van der Waals surface area contributed by atoms with Crippen molar-refractivity contribution < 1.29 is 19.1 Å². The third-order valence-electron chi connectivity index (χ3n) is 2.37. The van der Waals surface area contributed by atoms with Crippen LogP contribution < -0.4 is 0 Å². The van der Waals surface area contributed by atoms with Gasteiger partial charge in [-0.05, 0) is 20.8 Å². The highest BCUT2D eigenvalue weighted by Crippen LogP contribution is 2.41. The fourth-order valence-corrected chi connectivity index (χ4v) is 1.52. The highest BCUT2D eigenvalue weighted by molar-refractivity contribution is 5.89. The lowest BCUT2D eigenvalue weighted by Crippen LogP contribution is -2.20. The summed E-state index contributed by atoms with van der Waals surface area (Å²) in [7, 11) is 1.31. The van der Waals surface area contributed by atoms with Gasteiger partial charge in [0.05, 0.1) is 19.3 Å². The zero-order valence-electron chi connectivity index (χ0n) is 8.86. The van der Waals surface area contributed by atoms with Gasteiger partial charge >= 0.3 is 12.1 Å². The van der Waals surface area contributed by atoms with Crippen LogP contribution in [0.5, 0.6) is 0 Å². The minimum Gasteiger partial charge on any atom is -0.467 e. The number of amides is 1. The summed E-state index contributed by atoms with van der Waals surface area (Å²) >= 11 is 0. The van der Waals surface area contributed by atoms with Crippen LogP contribution in [-0.2, 0) is 14.3 Å². The second-order valence-corrected chi connectivity index (χ2v) is 3.65. The predicted octanol–water partition coefficient (Wildman–Crippen LogP) is 0.779. The van der Waals surface area contributed by atoms with Crippen molar-refractivity contribution in [2.24, 2.45) is 0 Å². The summed E-state index contributed by atoms with van der Waals surface area (Å²) < 4.78 is 9.39. The van der Waals surface area contributed by atoms with Crippen molar-refractivity contribution in [3.63, 3.8) is 0 Å². The third kappa shape index (κ3) is 1.54. The molecule has 5 heteroatoms. The summed E-state index contributed by atoms with van der Waals surface area (Å²) in [5.74, 6) is -0.400. The van der Waals surface area contributed by atoms with E-state index in [1.807, 2.05) is 0 Å². The second kappa shape index (κ2) is 3.48. The van der Waals surface area contributed by atoms with E-state index in [1.54, 1.807) is 20.8 Å². The second-order valence-electron chi connectivity index (χ2n) is 3.65. The van der Waals surface area contributed by atoms with E-state index in [0.717, 1.165) is 0 Å². The fourth-order valence-electron chi connectivity index (χ4n) is 1.52. The summed E-state index contributed by atoms with van der Waals surface area (Å²) in [6.45, 7) is 5.62. The van der Waals surface area contributed by atoms with Crippen LogP contribution >= 0.6 is 0 Å². The Labute approximate surface area is 83.0 Å². The van der Waals surface area contributed by atoms with E-state index in [-0.39, 0.29) is 0 Å². The van der Waals surface area contributed by atoms with Crippen LogP contribution in [0, 0.1) is 0 Å². The van der Waals surface area contributed by atoms with Crippen LogP contribution in [-0.4, -0.2) is 42.3 Å². The number of hydrogen-bond donors (Lipinski definition) is 0. The number of nitrogens with zero attached hydrogens (tertiary/aromatic N) is 1. The first-order valence-corrected chi connectivity index (χ1v) is 4.50. The molecule has 0 radical (unpaired) electrons. The first kappa shape index (κ1) is 10.8. The van der Waals surface area contributed by atoms with Gasteiger partial charge in [-0.15, -0.1) is 0 Å². The van der Waals surface area contributed by atoms with Gasteiger partial charge in [-0.1, -0.05) is 0 Å². The van der Waals surface area contributed by atoms with E-state index in [1.165, 1.54) is 12.0 Å². The maximum atomic E-state index is 11.3. The van der Waals surface area contributed by atoms with Crippen molar-refractivity contribution >= 4 is 12.1 Å². The van der Waals surface area contributed by atoms with Crippen LogP contribution in [0.2, 0.25) is 0 Å². The molecule has 0 spiro atoms. The van der Waals surface area contributed by atoms with Crippen molar-refractivity contribution in [3.8, 4) is 0 Å². The number of esters is 1. The Kier molecular flexibility index (Phi) is 2.69. The molecular weight excluding hydrogens is 186 g/mol. The van der Waals surface area contributed by atoms with Crippen LogP contribution in [0.15, 0.2) is 0 Å². The van der Waals surface area contributed by atoms with Gasteiger partial charge in [0.1, 0.15) is 0 Å². The molecule has 1 aliphatic rings. The van der Waals surface area contributed by atoms with E-state index in [2.05, 4.69) is 4.74 Å². The standard InChI is InChI=1S/C9H15NO4/c1-5-14-8(12)10-6(7(11)13-4)9(10,2)3/h6H,5H2,1-4H3/t6-,10?/m1/s1. The Morgan fingerprint density at radius 2 is 2.00 bits per heavy atom. The Bertz CT molecular complexity index is 262. The molecule has 1 saturated heterocycles. The van der Waals surface area contributed by atoms with Crippen LogP contribution in [0.25, 0.3) is 0 Å².